The first-order valence-electron chi connectivity index (χ1n) is 18.6. The van der Waals surface area contributed by atoms with Gasteiger partial charge < -0.3 is 44.5 Å². The van der Waals surface area contributed by atoms with Crippen LogP contribution in [0.5, 0.6) is 0 Å². The standard InChI is InChI=1S/C37H62O11/c1-19(17-45-21(3)38)8-7-9-20(2)25-10-11-26-31-27(16-30(41)37(25,26)6)36(5)13-12-24(40)14-23(36)15-28(31)47-35-34(44)33(43)32(42)29(48-35)18-46-22(4)39/h19-20,23-35,40-44H,7-18H2,1-6H3/t19-,20-,23+,24-,25-,26+,27+,28-,29-,30+,31+,32+,33+,34-,35-,36+,37-/m1/s1. The van der Waals surface area contributed by atoms with Crippen molar-refractivity contribution in [3.63, 3.8) is 0 Å². The third-order valence-electron chi connectivity index (χ3n) is 13.9. The second-order valence-electron chi connectivity index (χ2n) is 16.8. The summed E-state index contributed by atoms with van der Waals surface area (Å²) in [5.41, 5.74) is -0.407. The van der Waals surface area contributed by atoms with Gasteiger partial charge in [-0.2, -0.15) is 0 Å². The molecule has 5 N–H and O–H groups in total. The highest BCUT2D eigenvalue weighted by atomic mass is 16.7. The molecule has 48 heavy (non-hydrogen) atoms. The summed E-state index contributed by atoms with van der Waals surface area (Å²) in [6.07, 6.45) is 0.538. The summed E-state index contributed by atoms with van der Waals surface area (Å²) in [6, 6.07) is 0. The van der Waals surface area contributed by atoms with Crippen LogP contribution in [0, 0.1) is 52.3 Å². The summed E-state index contributed by atoms with van der Waals surface area (Å²) in [6.45, 7) is 11.9. The van der Waals surface area contributed by atoms with Crippen molar-refractivity contribution in [2.45, 2.75) is 155 Å². The molecule has 0 amide bonds. The van der Waals surface area contributed by atoms with Crippen molar-refractivity contribution in [3.05, 3.63) is 0 Å². The Hall–Kier alpha value is -1.34. The Labute approximate surface area is 286 Å². The highest BCUT2D eigenvalue weighted by Crippen LogP contribution is 2.69. The minimum Gasteiger partial charge on any atom is -0.466 e. The van der Waals surface area contributed by atoms with Crippen molar-refractivity contribution < 1.29 is 54.1 Å². The van der Waals surface area contributed by atoms with Crippen LogP contribution >= 0.6 is 0 Å². The molecule has 4 saturated carbocycles. The molecule has 5 rings (SSSR count). The zero-order valence-electron chi connectivity index (χ0n) is 29.8. The van der Waals surface area contributed by atoms with E-state index in [-0.39, 0.29) is 53.2 Å². The number of carbonyl (C=O) groups excluding carboxylic acids is 2. The molecule has 1 heterocycles. The van der Waals surface area contributed by atoms with Crippen LogP contribution in [0.1, 0.15) is 106 Å². The zero-order valence-corrected chi connectivity index (χ0v) is 29.8. The van der Waals surface area contributed by atoms with Crippen molar-refractivity contribution in [1.29, 1.82) is 0 Å². The Morgan fingerprint density at radius 1 is 0.854 bits per heavy atom. The molecule has 5 fully saturated rings. The molecule has 11 heteroatoms. The minimum atomic E-state index is -1.54. The third kappa shape index (κ3) is 7.34. The maximum Gasteiger partial charge on any atom is 0.302 e. The van der Waals surface area contributed by atoms with E-state index in [1.54, 1.807) is 0 Å². The van der Waals surface area contributed by atoms with E-state index in [2.05, 4.69) is 27.7 Å². The lowest BCUT2D eigenvalue weighted by atomic mass is 9.43. The molecule has 0 spiro atoms. The van der Waals surface area contributed by atoms with Gasteiger partial charge in [0, 0.05) is 13.8 Å². The topological polar surface area (TPSA) is 172 Å². The fourth-order valence-corrected chi connectivity index (χ4v) is 11.1. The molecule has 0 radical (unpaired) electrons. The lowest BCUT2D eigenvalue weighted by Gasteiger charge is -2.64. The smallest absolute Gasteiger partial charge is 0.302 e. The summed E-state index contributed by atoms with van der Waals surface area (Å²) in [7, 11) is 0. The first-order valence-corrected chi connectivity index (χ1v) is 18.6. The third-order valence-corrected chi connectivity index (χ3v) is 13.9. The Kier molecular flexibility index (Phi) is 11.9. The molecular formula is C37H62O11. The summed E-state index contributed by atoms with van der Waals surface area (Å²) in [5, 5.41) is 55.3. The number of hydrogen-bond donors (Lipinski definition) is 5. The van der Waals surface area contributed by atoms with E-state index in [9.17, 15) is 35.1 Å². The maximum absolute atomic E-state index is 12.1. The minimum absolute atomic E-state index is 0.0718. The fourth-order valence-electron chi connectivity index (χ4n) is 11.1. The van der Waals surface area contributed by atoms with Crippen LogP contribution in [0.2, 0.25) is 0 Å². The van der Waals surface area contributed by atoms with Crippen molar-refractivity contribution in [2.75, 3.05) is 13.2 Å². The van der Waals surface area contributed by atoms with E-state index in [0.29, 0.717) is 43.6 Å². The van der Waals surface area contributed by atoms with Gasteiger partial charge in [-0.3, -0.25) is 9.59 Å². The largest absolute Gasteiger partial charge is 0.466 e. The molecule has 17 atom stereocenters. The van der Waals surface area contributed by atoms with Crippen molar-refractivity contribution >= 4 is 11.9 Å². The predicted octanol–water partition coefficient (Wildman–Crippen LogP) is 3.35. The van der Waals surface area contributed by atoms with Gasteiger partial charge >= 0.3 is 11.9 Å². The van der Waals surface area contributed by atoms with Gasteiger partial charge in [-0.05, 0) is 104 Å². The number of rotatable bonds is 11. The maximum atomic E-state index is 12.1. The lowest BCUT2D eigenvalue weighted by molar-refractivity contribution is -0.331. The van der Waals surface area contributed by atoms with Gasteiger partial charge in [-0.15, -0.1) is 0 Å². The van der Waals surface area contributed by atoms with Gasteiger partial charge in [0.05, 0.1) is 24.9 Å². The number of aliphatic hydroxyl groups is 5. The SMILES string of the molecule is CC(=O)OC[C@H](C)CCC[C@@H](C)[C@H]1CC[C@H]2[C@@H]3[C@H](O[C@@H]4O[C@H](COC(C)=O)[C@H](O)[C@H](O)[C@H]4O)C[C@@H]4C[C@H](O)CC[C@]4(C)[C@H]3C[C@H](O)[C@]12C. The Morgan fingerprint density at radius 3 is 2.25 bits per heavy atom. The number of carbonyl (C=O) groups is 2. The highest BCUT2D eigenvalue weighted by Gasteiger charge is 2.66. The van der Waals surface area contributed by atoms with Gasteiger partial charge in [0.25, 0.3) is 0 Å². The molecule has 0 aromatic heterocycles. The first kappa shape index (κ1) is 37.9. The van der Waals surface area contributed by atoms with Gasteiger partial charge in [0.15, 0.2) is 6.29 Å². The molecule has 11 nitrogen and oxygen atoms in total. The van der Waals surface area contributed by atoms with E-state index in [1.807, 2.05) is 0 Å². The van der Waals surface area contributed by atoms with Crippen LogP contribution in [0.4, 0.5) is 0 Å². The average Bonchev–Trinajstić information content (AvgIpc) is 3.39. The fraction of sp³-hybridized carbons (Fsp3) is 0.946. The van der Waals surface area contributed by atoms with E-state index < -0.39 is 48.9 Å². The molecule has 4 aliphatic carbocycles. The molecule has 0 bridgehead atoms. The summed E-state index contributed by atoms with van der Waals surface area (Å²) in [4.78, 5) is 22.7. The van der Waals surface area contributed by atoms with E-state index in [0.717, 1.165) is 44.9 Å². The number of hydrogen-bond acceptors (Lipinski definition) is 11. The molecule has 1 saturated heterocycles. The number of fused-ring (bicyclic) bond motifs is 5. The normalized spacial score (nSPS) is 46.9. The van der Waals surface area contributed by atoms with Crippen molar-refractivity contribution in [3.8, 4) is 0 Å². The average molecular weight is 683 g/mol. The summed E-state index contributed by atoms with van der Waals surface area (Å²) in [5.74, 6) is 0.756. The van der Waals surface area contributed by atoms with E-state index >= 15 is 0 Å². The number of ether oxygens (including phenoxy) is 4. The molecule has 5 aliphatic rings. The summed E-state index contributed by atoms with van der Waals surface area (Å²) >= 11 is 0. The Balaban J connectivity index is 1.37. The monoisotopic (exact) mass is 682 g/mol. The second kappa shape index (κ2) is 15.1. The Morgan fingerprint density at radius 2 is 1.56 bits per heavy atom. The van der Waals surface area contributed by atoms with Crippen LogP contribution in [-0.4, -0.2) is 99.7 Å². The van der Waals surface area contributed by atoms with E-state index in [4.69, 9.17) is 18.9 Å². The lowest BCUT2D eigenvalue weighted by Crippen LogP contribution is -2.65. The van der Waals surface area contributed by atoms with Crippen LogP contribution in [-0.2, 0) is 28.5 Å². The molecule has 0 aromatic rings. The van der Waals surface area contributed by atoms with Gasteiger partial charge in [-0.25, -0.2) is 0 Å². The molecule has 0 unspecified atom stereocenters. The number of aliphatic hydroxyl groups excluding tert-OH is 5. The molecule has 1 aliphatic heterocycles. The van der Waals surface area contributed by atoms with Gasteiger partial charge in [0.1, 0.15) is 31.0 Å². The van der Waals surface area contributed by atoms with Crippen LogP contribution < -0.4 is 0 Å². The first-order chi connectivity index (χ1) is 22.6. The predicted molar refractivity (Wildman–Crippen MR) is 175 cm³/mol. The second-order valence-corrected chi connectivity index (χ2v) is 16.8. The highest BCUT2D eigenvalue weighted by molar-refractivity contribution is 5.66. The number of esters is 2. The van der Waals surface area contributed by atoms with Gasteiger partial charge in [-0.1, -0.05) is 40.5 Å². The molecule has 0 aromatic carbocycles. The van der Waals surface area contributed by atoms with Gasteiger partial charge in [0.2, 0.25) is 0 Å². The van der Waals surface area contributed by atoms with Crippen molar-refractivity contribution in [1.82, 2.24) is 0 Å². The van der Waals surface area contributed by atoms with Crippen LogP contribution in [0.25, 0.3) is 0 Å². The van der Waals surface area contributed by atoms with Crippen LogP contribution in [0.3, 0.4) is 0 Å². The van der Waals surface area contributed by atoms with Crippen LogP contribution in [0.15, 0.2) is 0 Å². The molecular weight excluding hydrogens is 620 g/mol. The van der Waals surface area contributed by atoms with Crippen molar-refractivity contribution in [2.24, 2.45) is 52.3 Å². The quantitative estimate of drug-likeness (QED) is 0.160. The van der Waals surface area contributed by atoms with E-state index in [1.165, 1.54) is 13.8 Å². The Bertz CT molecular complexity index is 1120. The zero-order chi connectivity index (χ0) is 35.1. The summed E-state index contributed by atoms with van der Waals surface area (Å²) < 4.78 is 23.0. The molecule has 276 valence electrons.